The quantitative estimate of drug-likeness (QED) is 0.734. The molecule has 0 unspecified atom stereocenters. The Labute approximate surface area is 104 Å². The maximum Gasteiger partial charge on any atom is 0.321 e. The molecule has 0 radical (unpaired) electrons. The summed E-state index contributed by atoms with van der Waals surface area (Å²) in [5.74, 6) is -0.794. The highest BCUT2D eigenvalue weighted by molar-refractivity contribution is 5.89. The number of H-pyrrole nitrogens is 1. The summed E-state index contributed by atoms with van der Waals surface area (Å²) in [6, 6.07) is -0.219. The van der Waals surface area contributed by atoms with Crippen LogP contribution in [-0.2, 0) is 4.79 Å². The topological polar surface area (TPSA) is 98.3 Å². The smallest absolute Gasteiger partial charge is 0.321 e. The molecule has 1 saturated heterocycles. The molecule has 2 rings (SSSR count). The summed E-state index contributed by atoms with van der Waals surface area (Å²) in [6.07, 6.45) is 4.05. The number of amides is 2. The van der Waals surface area contributed by atoms with E-state index in [4.69, 9.17) is 5.11 Å². The lowest BCUT2D eigenvalue weighted by atomic mass is 9.80. The number of aromatic nitrogens is 2. The molecule has 98 valence electrons. The molecule has 18 heavy (non-hydrogen) atoms. The lowest BCUT2D eigenvalue weighted by Gasteiger charge is -2.36. The number of aromatic amines is 1. The second-order valence-electron chi connectivity index (χ2n) is 4.77. The Morgan fingerprint density at radius 3 is 2.67 bits per heavy atom. The fraction of sp³-hybridized carbons (Fsp3) is 0.545. The van der Waals surface area contributed by atoms with Gasteiger partial charge in [-0.25, -0.2) is 4.79 Å². The van der Waals surface area contributed by atoms with Crippen LogP contribution in [0.15, 0.2) is 12.4 Å². The number of aliphatic carboxylic acids is 1. The molecule has 0 spiro atoms. The minimum absolute atomic E-state index is 0.219. The molecule has 0 atom stereocenters. The van der Waals surface area contributed by atoms with Crippen LogP contribution in [-0.4, -0.2) is 45.3 Å². The number of hydrogen-bond donors (Lipinski definition) is 3. The van der Waals surface area contributed by atoms with Gasteiger partial charge >= 0.3 is 12.0 Å². The van der Waals surface area contributed by atoms with E-state index < -0.39 is 11.4 Å². The highest BCUT2D eigenvalue weighted by Gasteiger charge is 2.38. The standard InChI is InChI=1S/C11H16N4O3/c1-11(9(16)17)2-4-15(5-3-11)10(18)14-8-6-12-13-7-8/h6-7H,2-5H2,1H3,(H,12,13)(H,14,18)(H,16,17). The van der Waals surface area contributed by atoms with Crippen molar-refractivity contribution < 1.29 is 14.7 Å². The van der Waals surface area contributed by atoms with Gasteiger partial charge in [-0.15, -0.1) is 0 Å². The summed E-state index contributed by atoms with van der Waals surface area (Å²) in [5.41, 5.74) is -0.113. The fourth-order valence-electron chi connectivity index (χ4n) is 1.94. The minimum Gasteiger partial charge on any atom is -0.481 e. The Bertz CT molecular complexity index is 435. The zero-order chi connectivity index (χ0) is 13.2. The predicted octanol–water partition coefficient (Wildman–Crippen LogP) is 1.13. The molecule has 0 bridgehead atoms. The van der Waals surface area contributed by atoms with Crippen molar-refractivity contribution in [2.45, 2.75) is 19.8 Å². The van der Waals surface area contributed by atoms with E-state index in [1.807, 2.05) is 0 Å². The zero-order valence-electron chi connectivity index (χ0n) is 10.1. The van der Waals surface area contributed by atoms with Crippen LogP contribution in [0.4, 0.5) is 10.5 Å². The molecule has 0 saturated carbocycles. The van der Waals surface area contributed by atoms with E-state index in [0.717, 1.165) is 0 Å². The van der Waals surface area contributed by atoms with E-state index in [2.05, 4.69) is 15.5 Å². The van der Waals surface area contributed by atoms with Gasteiger partial charge in [0, 0.05) is 19.3 Å². The maximum absolute atomic E-state index is 11.9. The van der Waals surface area contributed by atoms with E-state index in [-0.39, 0.29) is 6.03 Å². The molecule has 1 aromatic rings. The summed E-state index contributed by atoms with van der Waals surface area (Å²) < 4.78 is 0. The van der Waals surface area contributed by atoms with Crippen LogP contribution in [0, 0.1) is 5.41 Å². The van der Waals surface area contributed by atoms with E-state index in [0.29, 0.717) is 31.6 Å². The van der Waals surface area contributed by atoms with Crippen molar-refractivity contribution in [2.24, 2.45) is 5.41 Å². The zero-order valence-corrected chi connectivity index (χ0v) is 10.1. The number of anilines is 1. The lowest BCUT2D eigenvalue weighted by Crippen LogP contribution is -2.46. The van der Waals surface area contributed by atoms with Gasteiger partial charge in [0.2, 0.25) is 0 Å². The van der Waals surface area contributed by atoms with Crippen LogP contribution in [0.5, 0.6) is 0 Å². The van der Waals surface area contributed by atoms with Crippen molar-refractivity contribution >= 4 is 17.7 Å². The maximum atomic E-state index is 11.9. The Morgan fingerprint density at radius 1 is 1.50 bits per heavy atom. The van der Waals surface area contributed by atoms with Crippen LogP contribution < -0.4 is 5.32 Å². The first-order valence-electron chi connectivity index (χ1n) is 5.79. The van der Waals surface area contributed by atoms with Crippen molar-refractivity contribution in [1.29, 1.82) is 0 Å². The number of urea groups is 1. The summed E-state index contributed by atoms with van der Waals surface area (Å²) in [4.78, 5) is 24.6. The first kappa shape index (κ1) is 12.4. The number of rotatable bonds is 2. The van der Waals surface area contributed by atoms with E-state index in [9.17, 15) is 9.59 Å². The van der Waals surface area contributed by atoms with Crippen molar-refractivity contribution in [1.82, 2.24) is 15.1 Å². The van der Waals surface area contributed by atoms with Gasteiger partial charge in [0.05, 0.1) is 17.3 Å². The normalized spacial score (nSPS) is 18.4. The Morgan fingerprint density at radius 2 is 2.17 bits per heavy atom. The SMILES string of the molecule is CC1(C(=O)O)CCN(C(=O)Nc2cn[nH]c2)CC1. The molecule has 1 aromatic heterocycles. The largest absolute Gasteiger partial charge is 0.481 e. The van der Waals surface area contributed by atoms with Crippen molar-refractivity contribution in [3.05, 3.63) is 12.4 Å². The van der Waals surface area contributed by atoms with Gasteiger partial charge in [0.15, 0.2) is 0 Å². The molecule has 2 heterocycles. The van der Waals surface area contributed by atoms with Crippen molar-refractivity contribution in [2.75, 3.05) is 18.4 Å². The van der Waals surface area contributed by atoms with Gasteiger partial charge in [-0.1, -0.05) is 0 Å². The molecule has 1 fully saturated rings. The number of hydrogen-bond acceptors (Lipinski definition) is 3. The van der Waals surface area contributed by atoms with Crippen molar-refractivity contribution in [3.8, 4) is 0 Å². The van der Waals surface area contributed by atoms with Gasteiger partial charge < -0.3 is 15.3 Å². The van der Waals surface area contributed by atoms with Gasteiger partial charge in [-0.3, -0.25) is 9.89 Å². The number of carboxylic acid groups (broad SMARTS) is 1. The second-order valence-corrected chi connectivity index (χ2v) is 4.77. The molecule has 7 heteroatoms. The first-order valence-corrected chi connectivity index (χ1v) is 5.79. The van der Waals surface area contributed by atoms with Crippen LogP contribution in [0.2, 0.25) is 0 Å². The number of piperidine rings is 1. The van der Waals surface area contributed by atoms with Crippen LogP contribution in [0.25, 0.3) is 0 Å². The highest BCUT2D eigenvalue weighted by Crippen LogP contribution is 2.31. The van der Waals surface area contributed by atoms with Gasteiger partial charge in [0.1, 0.15) is 0 Å². The Balaban J connectivity index is 1.90. The van der Waals surface area contributed by atoms with Crippen molar-refractivity contribution in [3.63, 3.8) is 0 Å². The molecule has 7 nitrogen and oxygen atoms in total. The van der Waals surface area contributed by atoms with Gasteiger partial charge in [-0.05, 0) is 19.8 Å². The third-order valence-electron chi connectivity index (χ3n) is 3.42. The number of carboxylic acids is 1. The third-order valence-corrected chi connectivity index (χ3v) is 3.42. The molecule has 0 aliphatic carbocycles. The van der Waals surface area contributed by atoms with Crippen LogP contribution >= 0.6 is 0 Å². The monoisotopic (exact) mass is 252 g/mol. The number of nitrogens with zero attached hydrogens (tertiary/aromatic N) is 2. The number of likely N-dealkylation sites (tertiary alicyclic amines) is 1. The third kappa shape index (κ3) is 2.44. The second kappa shape index (κ2) is 4.67. The summed E-state index contributed by atoms with van der Waals surface area (Å²) in [7, 11) is 0. The number of carbonyl (C=O) groups excluding carboxylic acids is 1. The van der Waals surface area contributed by atoms with Gasteiger partial charge in [-0.2, -0.15) is 5.10 Å². The average Bonchev–Trinajstić information content (AvgIpc) is 2.82. The predicted molar refractivity (Wildman–Crippen MR) is 64.2 cm³/mol. The summed E-state index contributed by atoms with van der Waals surface area (Å²) >= 11 is 0. The Kier molecular flexibility index (Phi) is 3.22. The highest BCUT2D eigenvalue weighted by atomic mass is 16.4. The molecule has 1 aliphatic heterocycles. The molecule has 0 aromatic carbocycles. The van der Waals surface area contributed by atoms with Crippen LogP contribution in [0.1, 0.15) is 19.8 Å². The fourth-order valence-corrected chi connectivity index (χ4v) is 1.94. The summed E-state index contributed by atoms with van der Waals surface area (Å²) in [6.45, 7) is 2.62. The van der Waals surface area contributed by atoms with Crippen LogP contribution in [0.3, 0.4) is 0 Å². The molecular formula is C11H16N4O3. The number of nitrogens with one attached hydrogen (secondary N) is 2. The minimum atomic E-state index is -0.794. The van der Waals surface area contributed by atoms with E-state index >= 15 is 0 Å². The Hall–Kier alpha value is -2.05. The van der Waals surface area contributed by atoms with Gasteiger partial charge in [0.25, 0.3) is 0 Å². The summed E-state index contributed by atoms with van der Waals surface area (Å²) in [5, 5.41) is 18.1. The van der Waals surface area contributed by atoms with E-state index in [1.54, 1.807) is 18.0 Å². The molecule has 1 aliphatic rings. The average molecular weight is 252 g/mol. The molecule has 3 N–H and O–H groups in total. The molecular weight excluding hydrogens is 236 g/mol. The lowest BCUT2D eigenvalue weighted by molar-refractivity contribution is -0.150. The molecule has 2 amide bonds. The number of carbonyl (C=O) groups is 2. The van der Waals surface area contributed by atoms with E-state index in [1.165, 1.54) is 6.20 Å². The first-order chi connectivity index (χ1) is 8.51.